The molecule has 2 aromatic rings. The van der Waals surface area contributed by atoms with E-state index in [0.717, 1.165) is 31.0 Å². The number of nitrogens with zero attached hydrogens (tertiary/aromatic N) is 1. The minimum absolute atomic E-state index is 0.0206. The fourth-order valence-electron chi connectivity index (χ4n) is 4.59. The summed E-state index contributed by atoms with van der Waals surface area (Å²) < 4.78 is 66.9. The molecule has 0 bridgehead atoms. The Morgan fingerprint density at radius 1 is 0.930 bits per heavy atom. The van der Waals surface area contributed by atoms with Gasteiger partial charge in [0.05, 0.1) is 17.2 Å². The lowest BCUT2D eigenvalue weighted by atomic mass is 9.96. The van der Waals surface area contributed by atoms with E-state index in [9.17, 15) is 41.1 Å². The van der Waals surface area contributed by atoms with Crippen LogP contribution in [-0.2, 0) is 15.8 Å². The Bertz CT molecular complexity index is 1320. The van der Waals surface area contributed by atoms with Crippen LogP contribution < -0.4 is 21.4 Å². The Labute approximate surface area is 244 Å². The lowest BCUT2D eigenvalue weighted by Gasteiger charge is -2.32. The zero-order valence-corrected chi connectivity index (χ0v) is 23.0. The second kappa shape index (κ2) is 15.3. The van der Waals surface area contributed by atoms with Crippen LogP contribution in [0.2, 0.25) is 0 Å². The summed E-state index contributed by atoms with van der Waals surface area (Å²) in [6, 6.07) is 4.08. The summed E-state index contributed by atoms with van der Waals surface area (Å²) in [7, 11) is 0. The van der Waals surface area contributed by atoms with Gasteiger partial charge in [-0.1, -0.05) is 12.8 Å². The van der Waals surface area contributed by atoms with E-state index in [1.165, 1.54) is 11.0 Å². The number of alkyl halides is 3. The Kier molecular flexibility index (Phi) is 11.8. The van der Waals surface area contributed by atoms with Gasteiger partial charge in [-0.05, 0) is 62.1 Å². The zero-order chi connectivity index (χ0) is 31.6. The number of carbonyl (C=O) groups excluding carboxylic acids is 4. The number of rotatable bonds is 11. The molecule has 1 fully saturated rings. The van der Waals surface area contributed by atoms with Crippen LogP contribution in [0.4, 0.5) is 38.1 Å². The van der Waals surface area contributed by atoms with Crippen molar-refractivity contribution >= 4 is 35.1 Å². The number of likely N-dealkylation sites (tertiary alicyclic amines) is 1. The molecule has 0 radical (unpaired) electrons. The maximum atomic E-state index is 14.8. The van der Waals surface area contributed by atoms with Gasteiger partial charge in [-0.15, -0.1) is 0 Å². The number of amides is 5. The van der Waals surface area contributed by atoms with Crippen LogP contribution in [0, 0.1) is 17.6 Å². The van der Waals surface area contributed by atoms with Crippen LogP contribution in [0.1, 0.15) is 60.9 Å². The topological polar surface area (TPSA) is 140 Å². The number of hydrogen-bond donors (Lipinski definition) is 5. The Morgan fingerprint density at radius 3 is 2.37 bits per heavy atom. The van der Waals surface area contributed by atoms with E-state index in [4.69, 9.17) is 5.21 Å². The summed E-state index contributed by atoms with van der Waals surface area (Å²) in [6.07, 6.45) is -0.728. The van der Waals surface area contributed by atoms with Gasteiger partial charge >= 0.3 is 12.2 Å². The molecular weight excluding hydrogens is 581 g/mol. The number of hydrogen-bond acceptors (Lipinski definition) is 5. The fourth-order valence-corrected chi connectivity index (χ4v) is 4.59. The molecule has 43 heavy (non-hydrogen) atoms. The van der Waals surface area contributed by atoms with Gasteiger partial charge in [-0.25, -0.2) is 19.1 Å². The molecule has 5 N–H and O–H groups in total. The van der Waals surface area contributed by atoms with Crippen molar-refractivity contribution in [3.63, 3.8) is 0 Å². The number of unbranched alkanes of at least 4 members (excludes halogenated alkanes) is 3. The summed E-state index contributed by atoms with van der Waals surface area (Å²) in [5.74, 6) is -4.08. The first kappa shape index (κ1) is 33.2. The number of hydroxylamine groups is 1. The fraction of sp³-hybridized carbons (Fsp3) is 0.429. The van der Waals surface area contributed by atoms with Gasteiger partial charge in [-0.2, -0.15) is 13.2 Å². The highest BCUT2D eigenvalue weighted by molar-refractivity contribution is 6.00. The number of urea groups is 1. The van der Waals surface area contributed by atoms with Crippen LogP contribution in [0.25, 0.3) is 0 Å². The first-order chi connectivity index (χ1) is 20.4. The zero-order valence-electron chi connectivity index (χ0n) is 23.0. The van der Waals surface area contributed by atoms with E-state index in [2.05, 4.69) is 16.0 Å². The Balaban J connectivity index is 1.49. The molecule has 1 atom stereocenters. The van der Waals surface area contributed by atoms with Gasteiger partial charge in [0.15, 0.2) is 0 Å². The van der Waals surface area contributed by atoms with Gasteiger partial charge < -0.3 is 20.9 Å². The van der Waals surface area contributed by atoms with E-state index in [0.29, 0.717) is 50.9 Å². The molecule has 5 amide bonds. The predicted molar refractivity (Wildman–Crippen MR) is 145 cm³/mol. The van der Waals surface area contributed by atoms with Gasteiger partial charge in [0.25, 0.3) is 5.91 Å². The lowest BCUT2D eigenvalue weighted by molar-refractivity contribution is -0.140. The van der Waals surface area contributed by atoms with Gasteiger partial charge in [0, 0.05) is 37.3 Å². The smallest absolute Gasteiger partial charge is 0.356 e. The molecule has 2 aromatic carbocycles. The van der Waals surface area contributed by atoms with Crippen molar-refractivity contribution in [1.29, 1.82) is 0 Å². The Hall–Kier alpha value is -4.27. The van der Waals surface area contributed by atoms with E-state index < -0.39 is 47.1 Å². The molecule has 3 rings (SSSR count). The lowest BCUT2D eigenvalue weighted by Crippen LogP contribution is -2.45. The van der Waals surface area contributed by atoms with Crippen molar-refractivity contribution in [3.05, 3.63) is 59.2 Å². The molecular formula is C28H32F5N5O5. The summed E-state index contributed by atoms with van der Waals surface area (Å²) in [6.45, 7) is 0.946. The number of halogens is 5. The maximum absolute atomic E-state index is 14.8. The molecule has 0 aromatic heterocycles. The average Bonchev–Trinajstić information content (AvgIpc) is 2.97. The monoisotopic (exact) mass is 613 g/mol. The third kappa shape index (κ3) is 9.91. The normalized spacial score (nSPS) is 15.0. The minimum atomic E-state index is -4.98. The molecule has 1 aliphatic rings. The van der Waals surface area contributed by atoms with E-state index in [-0.39, 0.29) is 35.8 Å². The van der Waals surface area contributed by atoms with E-state index in [1.54, 1.807) is 5.48 Å². The Morgan fingerprint density at radius 2 is 1.67 bits per heavy atom. The SMILES string of the molecule is O=C(CCCCCCNC(=O)C1CCCN(C(=O)c2ccc(NC(=O)Nc3ccc(F)c(C(F)(F)F)c3)c(F)c2)C1)NO. The molecule has 1 saturated heterocycles. The van der Waals surface area contributed by atoms with Gasteiger partial charge in [0.2, 0.25) is 11.8 Å². The number of carbonyl (C=O) groups is 4. The third-order valence-electron chi connectivity index (χ3n) is 6.83. The largest absolute Gasteiger partial charge is 0.419 e. The molecule has 0 saturated carbocycles. The minimum Gasteiger partial charge on any atom is -0.356 e. The van der Waals surface area contributed by atoms with Crippen molar-refractivity contribution in [2.24, 2.45) is 5.92 Å². The molecule has 10 nitrogen and oxygen atoms in total. The van der Waals surface area contributed by atoms with Crippen molar-refractivity contribution in [3.8, 4) is 0 Å². The number of anilines is 2. The van der Waals surface area contributed by atoms with Crippen LogP contribution in [0.5, 0.6) is 0 Å². The van der Waals surface area contributed by atoms with Crippen LogP contribution in [0.15, 0.2) is 36.4 Å². The molecule has 234 valence electrons. The molecule has 1 unspecified atom stereocenters. The number of nitrogens with one attached hydrogen (secondary N) is 4. The summed E-state index contributed by atoms with van der Waals surface area (Å²) in [5.41, 5.74) is -0.740. The summed E-state index contributed by atoms with van der Waals surface area (Å²) >= 11 is 0. The average molecular weight is 614 g/mol. The molecule has 1 aliphatic heterocycles. The van der Waals surface area contributed by atoms with E-state index >= 15 is 0 Å². The molecule has 0 spiro atoms. The predicted octanol–water partition coefficient (Wildman–Crippen LogP) is 5.05. The summed E-state index contributed by atoms with van der Waals surface area (Å²) in [5, 5.41) is 15.5. The van der Waals surface area contributed by atoms with Crippen molar-refractivity contribution in [1.82, 2.24) is 15.7 Å². The van der Waals surface area contributed by atoms with Crippen LogP contribution in [0.3, 0.4) is 0 Å². The second-order valence-electron chi connectivity index (χ2n) is 10.0. The van der Waals surface area contributed by atoms with Gasteiger partial charge in [-0.3, -0.25) is 19.6 Å². The standard InChI is InChI=1S/C28H32F5N5O5/c29-21-10-9-19(15-20(21)28(31,32)33)35-27(42)36-23-11-8-17(14-22(23)30)26(41)38-13-5-6-18(16-38)25(40)34-12-4-2-1-3-7-24(39)37-43/h8-11,14-15,18,43H,1-7,12-13,16H2,(H,34,40)(H,37,39)(H2,35,36,42). The number of benzene rings is 2. The van der Waals surface area contributed by atoms with Crippen LogP contribution in [-0.4, -0.2) is 53.5 Å². The van der Waals surface area contributed by atoms with Crippen molar-refractivity contribution in [2.45, 2.75) is 51.1 Å². The van der Waals surface area contributed by atoms with Gasteiger partial charge in [0.1, 0.15) is 11.6 Å². The quantitative estimate of drug-likeness (QED) is 0.104. The summed E-state index contributed by atoms with van der Waals surface area (Å²) in [4.78, 5) is 50.3. The highest BCUT2D eigenvalue weighted by atomic mass is 19.4. The first-order valence-electron chi connectivity index (χ1n) is 13.6. The molecule has 15 heteroatoms. The molecule has 0 aliphatic carbocycles. The van der Waals surface area contributed by atoms with E-state index in [1.807, 2.05) is 0 Å². The highest BCUT2D eigenvalue weighted by Gasteiger charge is 2.34. The molecule has 1 heterocycles. The maximum Gasteiger partial charge on any atom is 0.419 e. The highest BCUT2D eigenvalue weighted by Crippen LogP contribution is 2.33. The van der Waals surface area contributed by atoms with Crippen molar-refractivity contribution in [2.75, 3.05) is 30.3 Å². The second-order valence-corrected chi connectivity index (χ2v) is 10.0. The number of piperidine rings is 1. The first-order valence-corrected chi connectivity index (χ1v) is 13.6. The third-order valence-corrected chi connectivity index (χ3v) is 6.83. The van der Waals surface area contributed by atoms with Crippen LogP contribution >= 0.6 is 0 Å². The van der Waals surface area contributed by atoms with Crippen molar-refractivity contribution < 1.29 is 46.3 Å².